The molecule has 0 atom stereocenters. The van der Waals surface area contributed by atoms with Crippen molar-refractivity contribution in [3.05, 3.63) is 52.0 Å². The van der Waals surface area contributed by atoms with Crippen LogP contribution in [0.2, 0.25) is 10.0 Å². The highest BCUT2D eigenvalue weighted by Crippen LogP contribution is 2.31. The van der Waals surface area contributed by atoms with E-state index >= 15 is 0 Å². The van der Waals surface area contributed by atoms with Crippen LogP contribution in [0.3, 0.4) is 0 Å². The van der Waals surface area contributed by atoms with Gasteiger partial charge in [-0.1, -0.05) is 48.7 Å². The van der Waals surface area contributed by atoms with Crippen molar-refractivity contribution in [2.45, 2.75) is 26.3 Å². The first-order valence-corrected chi connectivity index (χ1v) is 8.46. The molecule has 0 radical (unpaired) electrons. The van der Waals surface area contributed by atoms with Crippen LogP contribution in [-0.4, -0.2) is 20.6 Å². The Morgan fingerprint density at radius 1 is 1.17 bits per heavy atom. The molecule has 1 N–H and O–H groups in total. The van der Waals surface area contributed by atoms with E-state index in [1.807, 2.05) is 6.07 Å². The molecule has 1 aromatic heterocycles. The fraction of sp³-hybridized carbons (Fsp3) is 0.222. The van der Waals surface area contributed by atoms with Crippen LogP contribution < -0.4 is 0 Å². The van der Waals surface area contributed by atoms with Crippen molar-refractivity contribution in [1.82, 2.24) is 9.55 Å². The second-order valence-electron chi connectivity index (χ2n) is 5.58. The highest BCUT2D eigenvalue weighted by Gasteiger charge is 2.15. The van der Waals surface area contributed by atoms with Gasteiger partial charge in [0.05, 0.1) is 26.6 Å². The van der Waals surface area contributed by atoms with Gasteiger partial charge in [0.25, 0.3) is 0 Å². The topological polar surface area (TPSA) is 55.1 Å². The Labute approximate surface area is 149 Å². The van der Waals surface area contributed by atoms with Crippen molar-refractivity contribution < 1.29 is 9.90 Å². The van der Waals surface area contributed by atoms with Gasteiger partial charge in [0.1, 0.15) is 5.82 Å². The number of carboxylic acid groups (broad SMARTS) is 1. The fourth-order valence-corrected chi connectivity index (χ4v) is 2.96. The predicted molar refractivity (Wildman–Crippen MR) is 97.1 cm³/mol. The van der Waals surface area contributed by atoms with E-state index in [1.54, 1.807) is 30.3 Å². The molecular weight excluding hydrogens is 347 g/mol. The third kappa shape index (κ3) is 3.12. The summed E-state index contributed by atoms with van der Waals surface area (Å²) in [5.41, 5.74) is 2.81. The molecule has 0 amide bonds. The van der Waals surface area contributed by atoms with Crippen molar-refractivity contribution in [1.29, 1.82) is 0 Å². The molecule has 0 fully saturated rings. The maximum atomic E-state index is 11.0. The van der Waals surface area contributed by atoms with E-state index in [9.17, 15) is 4.79 Å². The van der Waals surface area contributed by atoms with Crippen LogP contribution in [0.5, 0.6) is 0 Å². The molecule has 0 saturated heterocycles. The van der Waals surface area contributed by atoms with Gasteiger partial charge < -0.3 is 9.67 Å². The third-order valence-corrected chi connectivity index (χ3v) is 4.64. The molecule has 0 saturated carbocycles. The number of aryl methyl sites for hydroxylation is 1. The molecule has 0 unspecified atom stereocenters. The van der Waals surface area contributed by atoms with Crippen LogP contribution in [0.25, 0.3) is 22.4 Å². The van der Waals surface area contributed by atoms with Crippen LogP contribution in [0.15, 0.2) is 36.4 Å². The number of benzene rings is 2. The number of aromatic nitrogens is 2. The van der Waals surface area contributed by atoms with Crippen molar-refractivity contribution in [3.63, 3.8) is 0 Å². The Bertz CT molecular complexity index is 902. The molecule has 1 heterocycles. The van der Waals surface area contributed by atoms with E-state index in [-0.39, 0.29) is 5.56 Å². The summed E-state index contributed by atoms with van der Waals surface area (Å²) < 4.78 is 2.11. The van der Waals surface area contributed by atoms with Crippen LogP contribution in [-0.2, 0) is 6.54 Å². The van der Waals surface area contributed by atoms with Crippen molar-refractivity contribution in [2.24, 2.45) is 0 Å². The molecule has 3 rings (SSSR count). The number of imidazole rings is 1. The first-order valence-electron chi connectivity index (χ1n) is 7.70. The Kier molecular flexibility index (Phi) is 4.78. The lowest BCUT2D eigenvalue weighted by molar-refractivity contribution is 0.0697. The largest absolute Gasteiger partial charge is 0.478 e. The zero-order valence-corrected chi connectivity index (χ0v) is 14.6. The van der Waals surface area contributed by atoms with Gasteiger partial charge in [0.15, 0.2) is 0 Å². The molecule has 24 heavy (non-hydrogen) atoms. The summed E-state index contributed by atoms with van der Waals surface area (Å²) >= 11 is 12.3. The number of aromatic carboxylic acids is 1. The number of carboxylic acids is 1. The zero-order valence-electron chi connectivity index (χ0n) is 13.1. The van der Waals surface area contributed by atoms with Crippen LogP contribution >= 0.6 is 23.2 Å². The van der Waals surface area contributed by atoms with Crippen LogP contribution in [0.1, 0.15) is 30.1 Å². The van der Waals surface area contributed by atoms with Gasteiger partial charge in [-0.15, -0.1) is 0 Å². The first-order chi connectivity index (χ1) is 11.5. The van der Waals surface area contributed by atoms with Crippen molar-refractivity contribution in [2.75, 3.05) is 0 Å². The summed E-state index contributed by atoms with van der Waals surface area (Å²) in [6.07, 6.45) is 2.06. The number of unbranched alkanes of at least 4 members (excludes halogenated alkanes) is 1. The summed E-state index contributed by atoms with van der Waals surface area (Å²) in [7, 11) is 0. The number of nitrogens with zero attached hydrogens (tertiary/aromatic N) is 2. The molecule has 3 aromatic rings. The zero-order chi connectivity index (χ0) is 17.3. The van der Waals surface area contributed by atoms with Gasteiger partial charge in [0.2, 0.25) is 0 Å². The maximum absolute atomic E-state index is 11.0. The first kappa shape index (κ1) is 16.8. The minimum atomic E-state index is -0.945. The van der Waals surface area contributed by atoms with E-state index < -0.39 is 5.97 Å². The highest BCUT2D eigenvalue weighted by atomic mass is 35.5. The SMILES string of the molecule is CCCCn1c(-c2ccc(C(=O)O)cc2)nc2cc(Cl)c(Cl)cc21. The highest BCUT2D eigenvalue weighted by molar-refractivity contribution is 6.42. The van der Waals surface area contributed by atoms with E-state index in [2.05, 4.69) is 16.5 Å². The minimum absolute atomic E-state index is 0.251. The quantitative estimate of drug-likeness (QED) is 0.650. The number of hydrogen-bond donors (Lipinski definition) is 1. The van der Waals surface area contributed by atoms with E-state index in [4.69, 9.17) is 28.3 Å². The molecule has 0 aliphatic rings. The number of rotatable bonds is 5. The summed E-state index contributed by atoms with van der Waals surface area (Å²) in [4.78, 5) is 15.7. The molecule has 4 nitrogen and oxygen atoms in total. The summed E-state index contributed by atoms with van der Waals surface area (Å²) in [6, 6.07) is 10.3. The maximum Gasteiger partial charge on any atom is 0.335 e. The average molecular weight is 363 g/mol. The van der Waals surface area contributed by atoms with E-state index in [0.717, 1.165) is 41.8 Å². The summed E-state index contributed by atoms with van der Waals surface area (Å²) in [5, 5.41) is 10.0. The number of carbonyl (C=O) groups is 1. The monoisotopic (exact) mass is 362 g/mol. The lowest BCUT2D eigenvalue weighted by Crippen LogP contribution is -2.01. The van der Waals surface area contributed by atoms with Crippen LogP contribution in [0.4, 0.5) is 0 Å². The Balaban J connectivity index is 2.16. The second-order valence-corrected chi connectivity index (χ2v) is 6.39. The average Bonchev–Trinajstić information content (AvgIpc) is 2.91. The molecule has 0 bridgehead atoms. The molecule has 2 aromatic carbocycles. The van der Waals surface area contributed by atoms with Gasteiger partial charge in [-0.05, 0) is 30.7 Å². The number of fused-ring (bicyclic) bond motifs is 1. The third-order valence-electron chi connectivity index (χ3n) is 3.92. The normalized spacial score (nSPS) is 11.1. The predicted octanol–water partition coefficient (Wildman–Crippen LogP) is 5.51. The standard InChI is InChI=1S/C18H16Cl2N2O2/c1-2-3-8-22-16-10-14(20)13(19)9-15(16)21-17(22)11-4-6-12(7-5-11)18(23)24/h4-7,9-10H,2-3,8H2,1H3,(H,23,24). The fourth-order valence-electron chi connectivity index (χ4n) is 2.64. The lowest BCUT2D eigenvalue weighted by Gasteiger charge is -2.09. The van der Waals surface area contributed by atoms with Crippen molar-refractivity contribution >= 4 is 40.2 Å². The molecule has 0 spiro atoms. The Morgan fingerprint density at radius 3 is 2.46 bits per heavy atom. The van der Waals surface area contributed by atoms with E-state index in [1.165, 1.54) is 0 Å². The molecular formula is C18H16Cl2N2O2. The minimum Gasteiger partial charge on any atom is -0.478 e. The van der Waals surface area contributed by atoms with Gasteiger partial charge in [0, 0.05) is 12.1 Å². The van der Waals surface area contributed by atoms with Gasteiger partial charge in [-0.25, -0.2) is 9.78 Å². The molecule has 6 heteroatoms. The van der Waals surface area contributed by atoms with E-state index in [0.29, 0.717) is 10.0 Å². The molecule has 0 aliphatic carbocycles. The Hall–Kier alpha value is -2.04. The summed E-state index contributed by atoms with van der Waals surface area (Å²) in [5.74, 6) is -0.159. The van der Waals surface area contributed by atoms with Crippen LogP contribution in [0, 0.1) is 0 Å². The molecule has 124 valence electrons. The Morgan fingerprint density at radius 2 is 1.83 bits per heavy atom. The van der Waals surface area contributed by atoms with Gasteiger partial charge in [-0.3, -0.25) is 0 Å². The molecule has 0 aliphatic heterocycles. The smallest absolute Gasteiger partial charge is 0.335 e. The van der Waals surface area contributed by atoms with Crippen molar-refractivity contribution in [3.8, 4) is 11.4 Å². The second kappa shape index (κ2) is 6.83. The number of hydrogen-bond acceptors (Lipinski definition) is 2. The van der Waals surface area contributed by atoms with Gasteiger partial charge >= 0.3 is 5.97 Å². The van der Waals surface area contributed by atoms with Gasteiger partial charge in [-0.2, -0.15) is 0 Å². The lowest BCUT2D eigenvalue weighted by atomic mass is 10.1. The summed E-state index contributed by atoms with van der Waals surface area (Å²) in [6.45, 7) is 2.94. The number of halogens is 2.